The molecule has 3 aliphatic rings. The zero-order valence-electron chi connectivity index (χ0n) is 10.5. The van der Waals surface area contributed by atoms with Crippen LogP contribution in [0.1, 0.15) is 52.9 Å². The second-order valence-electron chi connectivity index (χ2n) is 6.21. The van der Waals surface area contributed by atoms with Crippen molar-refractivity contribution in [3.05, 3.63) is 0 Å². The highest BCUT2D eigenvalue weighted by atomic mass is 16.7. The minimum Gasteiger partial charge on any atom is -0.476 e. The Hall–Kier alpha value is -0.570. The maximum absolute atomic E-state index is 6.05. The monoisotopic (exact) mass is 223 g/mol. The highest BCUT2D eigenvalue weighted by Crippen LogP contribution is 2.58. The molecule has 0 aromatic rings. The third kappa shape index (κ3) is 1.33. The van der Waals surface area contributed by atoms with Crippen molar-refractivity contribution in [3.63, 3.8) is 0 Å². The molecule has 16 heavy (non-hydrogen) atoms. The summed E-state index contributed by atoms with van der Waals surface area (Å²) in [6.45, 7) is 7.06. The molecule has 0 amide bonds. The third-order valence-corrected chi connectivity index (χ3v) is 4.26. The molecule has 3 nitrogen and oxygen atoms in total. The molecule has 3 heteroatoms. The number of ether oxygens (including phenoxy) is 2. The van der Waals surface area contributed by atoms with Crippen molar-refractivity contribution in [1.29, 1.82) is 0 Å². The Balaban J connectivity index is 1.82. The van der Waals surface area contributed by atoms with Crippen LogP contribution in [0.4, 0.5) is 0 Å². The normalized spacial score (nSPS) is 39.3. The van der Waals surface area contributed by atoms with Gasteiger partial charge in [-0.25, -0.2) is 4.99 Å². The van der Waals surface area contributed by atoms with Crippen molar-refractivity contribution in [2.75, 3.05) is 6.61 Å². The average molecular weight is 223 g/mol. The van der Waals surface area contributed by atoms with Crippen molar-refractivity contribution in [2.45, 2.75) is 69.6 Å². The van der Waals surface area contributed by atoms with Gasteiger partial charge in [0.2, 0.25) is 5.90 Å². The van der Waals surface area contributed by atoms with Crippen molar-refractivity contribution in [1.82, 2.24) is 0 Å². The quantitative estimate of drug-likeness (QED) is 0.640. The second-order valence-corrected chi connectivity index (χ2v) is 6.21. The topological polar surface area (TPSA) is 34.1 Å². The van der Waals surface area contributed by atoms with Gasteiger partial charge in [-0.05, 0) is 33.6 Å². The molecule has 0 aromatic heterocycles. The lowest BCUT2D eigenvalue weighted by atomic mass is 9.80. The van der Waals surface area contributed by atoms with Gasteiger partial charge in [0.15, 0.2) is 5.60 Å². The van der Waals surface area contributed by atoms with E-state index in [0.29, 0.717) is 6.61 Å². The SMILES string of the molecule is CC1(C)COC(C2(C)OC23CCCCC3)=N1. The lowest BCUT2D eigenvalue weighted by Crippen LogP contribution is -2.33. The van der Waals surface area contributed by atoms with Crippen LogP contribution in [0.2, 0.25) is 0 Å². The van der Waals surface area contributed by atoms with Gasteiger partial charge >= 0.3 is 0 Å². The van der Waals surface area contributed by atoms with Gasteiger partial charge < -0.3 is 9.47 Å². The molecule has 2 fully saturated rings. The van der Waals surface area contributed by atoms with Crippen LogP contribution in [0.25, 0.3) is 0 Å². The second kappa shape index (κ2) is 3.00. The fourth-order valence-corrected chi connectivity index (χ4v) is 3.13. The van der Waals surface area contributed by atoms with E-state index in [-0.39, 0.29) is 16.7 Å². The summed E-state index contributed by atoms with van der Waals surface area (Å²) in [4.78, 5) is 4.67. The van der Waals surface area contributed by atoms with Crippen LogP contribution in [-0.4, -0.2) is 29.2 Å². The van der Waals surface area contributed by atoms with Crippen LogP contribution >= 0.6 is 0 Å². The summed E-state index contributed by atoms with van der Waals surface area (Å²) < 4.78 is 11.8. The first-order valence-corrected chi connectivity index (χ1v) is 6.41. The Kier molecular flexibility index (Phi) is 1.99. The van der Waals surface area contributed by atoms with E-state index in [1.165, 1.54) is 32.1 Å². The summed E-state index contributed by atoms with van der Waals surface area (Å²) in [5, 5.41) is 0. The summed E-state index contributed by atoms with van der Waals surface area (Å²) in [5.41, 5.74) is -0.230. The van der Waals surface area contributed by atoms with E-state index in [9.17, 15) is 0 Å². The standard InChI is InChI=1S/C13H21NO2/c1-11(2)9-15-10(14-11)12(3)13(16-12)7-5-4-6-8-13/h4-9H2,1-3H3. The van der Waals surface area contributed by atoms with E-state index >= 15 is 0 Å². The van der Waals surface area contributed by atoms with E-state index in [4.69, 9.17) is 9.47 Å². The average Bonchev–Trinajstić information content (AvgIpc) is 2.63. The highest BCUT2D eigenvalue weighted by Gasteiger charge is 2.71. The summed E-state index contributed by atoms with van der Waals surface area (Å²) in [7, 11) is 0. The number of epoxide rings is 1. The summed E-state index contributed by atoms with van der Waals surface area (Å²) in [6, 6.07) is 0. The maximum Gasteiger partial charge on any atom is 0.220 e. The first-order valence-electron chi connectivity index (χ1n) is 6.41. The zero-order chi connectivity index (χ0) is 11.4. The molecule has 1 unspecified atom stereocenters. The number of hydrogen-bond acceptors (Lipinski definition) is 3. The molecule has 1 atom stereocenters. The van der Waals surface area contributed by atoms with E-state index in [1.807, 2.05) is 0 Å². The smallest absolute Gasteiger partial charge is 0.220 e. The summed E-state index contributed by atoms with van der Waals surface area (Å²) in [6.07, 6.45) is 6.26. The van der Waals surface area contributed by atoms with Gasteiger partial charge in [-0.3, -0.25) is 0 Å². The maximum atomic E-state index is 6.05. The van der Waals surface area contributed by atoms with Crippen molar-refractivity contribution in [3.8, 4) is 0 Å². The predicted octanol–water partition coefficient (Wildman–Crippen LogP) is 2.69. The molecule has 90 valence electrons. The summed E-state index contributed by atoms with van der Waals surface area (Å²) >= 11 is 0. The molecule has 1 saturated carbocycles. The molecule has 0 radical (unpaired) electrons. The van der Waals surface area contributed by atoms with Crippen LogP contribution < -0.4 is 0 Å². The Bertz CT molecular complexity index is 342. The number of nitrogens with zero attached hydrogens (tertiary/aromatic N) is 1. The number of rotatable bonds is 1. The Morgan fingerprint density at radius 1 is 1.06 bits per heavy atom. The lowest BCUT2D eigenvalue weighted by molar-refractivity contribution is 0.224. The lowest BCUT2D eigenvalue weighted by Gasteiger charge is -2.21. The van der Waals surface area contributed by atoms with E-state index < -0.39 is 0 Å². The van der Waals surface area contributed by atoms with E-state index in [0.717, 1.165) is 5.90 Å². The molecule has 1 spiro atoms. The molecule has 1 aliphatic carbocycles. The van der Waals surface area contributed by atoms with Crippen LogP contribution in [0.15, 0.2) is 4.99 Å². The van der Waals surface area contributed by atoms with Gasteiger partial charge in [0.25, 0.3) is 0 Å². The molecular weight excluding hydrogens is 202 g/mol. The third-order valence-electron chi connectivity index (χ3n) is 4.26. The summed E-state index contributed by atoms with van der Waals surface area (Å²) in [5.74, 6) is 0.847. The molecule has 0 bridgehead atoms. The Morgan fingerprint density at radius 2 is 1.75 bits per heavy atom. The van der Waals surface area contributed by atoms with Gasteiger partial charge in [0.05, 0.1) is 5.54 Å². The predicted molar refractivity (Wildman–Crippen MR) is 62.8 cm³/mol. The minimum atomic E-state index is -0.221. The van der Waals surface area contributed by atoms with Crippen LogP contribution in [-0.2, 0) is 9.47 Å². The highest BCUT2D eigenvalue weighted by molar-refractivity contribution is 5.91. The van der Waals surface area contributed by atoms with Crippen molar-refractivity contribution < 1.29 is 9.47 Å². The van der Waals surface area contributed by atoms with Gasteiger partial charge in [0.1, 0.15) is 12.2 Å². The molecule has 2 aliphatic heterocycles. The molecule has 3 rings (SSSR count). The van der Waals surface area contributed by atoms with Gasteiger partial charge in [-0.2, -0.15) is 0 Å². The molecule has 1 saturated heterocycles. The molecule has 2 heterocycles. The Labute approximate surface area is 97.2 Å². The molecule has 0 N–H and O–H groups in total. The first-order chi connectivity index (χ1) is 7.48. The number of aliphatic imine (C=N–C) groups is 1. The van der Waals surface area contributed by atoms with Gasteiger partial charge in [0, 0.05) is 0 Å². The number of hydrogen-bond donors (Lipinski definition) is 0. The molecule has 0 aromatic carbocycles. The van der Waals surface area contributed by atoms with Crippen LogP contribution in [0.3, 0.4) is 0 Å². The molecular formula is C13H21NO2. The van der Waals surface area contributed by atoms with Crippen molar-refractivity contribution >= 4 is 5.90 Å². The van der Waals surface area contributed by atoms with Gasteiger partial charge in [-0.15, -0.1) is 0 Å². The van der Waals surface area contributed by atoms with Crippen LogP contribution in [0.5, 0.6) is 0 Å². The minimum absolute atomic E-state index is 0.0600. The fraction of sp³-hybridized carbons (Fsp3) is 0.923. The zero-order valence-corrected chi connectivity index (χ0v) is 10.5. The van der Waals surface area contributed by atoms with Crippen LogP contribution in [0, 0.1) is 0 Å². The first kappa shape index (κ1) is 10.6. The fourth-order valence-electron chi connectivity index (χ4n) is 3.13. The van der Waals surface area contributed by atoms with Crippen molar-refractivity contribution in [2.24, 2.45) is 4.99 Å². The van der Waals surface area contributed by atoms with E-state index in [2.05, 4.69) is 25.8 Å². The van der Waals surface area contributed by atoms with Gasteiger partial charge in [-0.1, -0.05) is 19.3 Å². The van der Waals surface area contributed by atoms with E-state index in [1.54, 1.807) is 0 Å². The Morgan fingerprint density at radius 3 is 2.31 bits per heavy atom. The largest absolute Gasteiger partial charge is 0.476 e.